The molecule has 7 nitrogen and oxygen atoms in total. The first-order valence-corrected chi connectivity index (χ1v) is 48.0. The van der Waals surface area contributed by atoms with Crippen LogP contribution in [0.15, 0.2) is 200 Å². The summed E-state index contributed by atoms with van der Waals surface area (Å²) in [5.41, 5.74) is 24.7. The second-order valence-corrected chi connectivity index (χ2v) is 43.2. The van der Waals surface area contributed by atoms with Crippen LogP contribution in [0.3, 0.4) is 0 Å². The minimum atomic E-state index is -1.70. The molecule has 0 saturated carbocycles. The van der Waals surface area contributed by atoms with Crippen LogP contribution in [0.4, 0.5) is 0 Å². The number of halogens is 1. The van der Waals surface area contributed by atoms with Crippen molar-refractivity contribution in [1.82, 2.24) is 9.13 Å². The molecule has 10 rings (SSSR count). The van der Waals surface area contributed by atoms with Crippen molar-refractivity contribution in [2.45, 2.75) is 275 Å². The van der Waals surface area contributed by atoms with Crippen LogP contribution in [-0.2, 0) is 4.57 Å². The van der Waals surface area contributed by atoms with Gasteiger partial charge in [-0.3, -0.25) is 0 Å². The number of hydrogen-bond donors (Lipinski definition) is 1. The molecule has 4 unspecified atom stereocenters. The van der Waals surface area contributed by atoms with E-state index in [1.807, 2.05) is 9.24 Å². The maximum absolute atomic E-state index is 9.46. The molecule has 2 heterocycles. The van der Waals surface area contributed by atoms with Crippen molar-refractivity contribution in [1.29, 1.82) is 0.594 Å². The normalized spacial score (nSPS) is 13.0. The summed E-state index contributed by atoms with van der Waals surface area (Å²) in [6.07, 6.45) is 0.0332. The fraction of sp³-hybridized carbons (Fsp3) is 0.429. The molecule has 0 spiro atoms. The Hall–Kier alpha value is -6.57. The van der Waals surface area contributed by atoms with Crippen LogP contribution in [0.5, 0.6) is 17.2 Å². The molecule has 8 aromatic carbocycles. The van der Waals surface area contributed by atoms with Gasteiger partial charge < -0.3 is 28.5 Å². The van der Waals surface area contributed by atoms with E-state index in [1.165, 1.54) is 108 Å². The molecule has 110 heavy (non-hydrogen) atoms. The Bertz CT molecular complexity index is 4260. The van der Waals surface area contributed by atoms with Gasteiger partial charge in [0.05, 0.1) is 11.4 Å². The standard InChI is InChI=1S/C34H46O.C32H34O.C30H44N2O.C2H6BOP.H3IOP2/c1-21(2)25-15-12-16-26(22(3)4)31(25)29-19-14-20-30(33(29)35-34(9,10)11)32-27(23(5)6)17-13-18-28(32)24(7)8;1-23-21-28(24(2)25-15-9-6-10-16-25)31(33-32(3,4)5)29(22-23)30(26-17-11-7-12-18-26)27-19-13-8-14-20-27;1-19(2)23-15-16-24(20(3)4)31(23)27-13-12-14-28(29(27)33-30(9,10)11)32-25(21(5)6)17-18-26(32)22(7)8;1-2(3,4)5;2-4-1-3/h12-24H,1-11H3;6-22,24,30H,1-5H3;12-22H,1-11H3;4H,5H2,1H3;1H,3H2/i;;;;1T. The minimum absolute atomic E-state index is 0.0332. The topological polar surface area (TPSA) is 74.8 Å². The van der Waals surface area contributed by atoms with Gasteiger partial charge in [-0.1, -0.05) is 287 Å². The Morgan fingerprint density at radius 1 is 0.391 bits per heavy atom. The monoisotopic (exact) mass is 1650 g/mol. The van der Waals surface area contributed by atoms with Crippen molar-refractivity contribution < 1.29 is 23.9 Å². The minimum Gasteiger partial charge on any atom is -0.396 e. The van der Waals surface area contributed by atoms with Gasteiger partial charge in [0.1, 0.15) is 36.1 Å². The number of benzene rings is 8. The van der Waals surface area contributed by atoms with Crippen LogP contribution >= 0.6 is 42.1 Å². The zero-order valence-corrected chi connectivity index (χ0v) is 77.2. The fourth-order valence-corrected chi connectivity index (χ4v) is 14.2. The quantitative estimate of drug-likeness (QED) is 0.0336. The molecule has 10 aromatic rings. The molecule has 0 saturated heterocycles. The van der Waals surface area contributed by atoms with E-state index in [9.17, 15) is 4.57 Å². The molecule has 12 heteroatoms. The second-order valence-electron chi connectivity index (χ2n) is 34.9. The van der Waals surface area contributed by atoms with Crippen molar-refractivity contribution in [3.63, 3.8) is 0 Å². The fourth-order valence-electron chi connectivity index (χ4n) is 14.2. The number of nitrogens with zero attached hydrogens (tertiary/aromatic N) is 2. The van der Waals surface area contributed by atoms with Gasteiger partial charge in [-0.25, -0.2) is 0 Å². The van der Waals surface area contributed by atoms with E-state index in [-0.39, 0.29) is 34.7 Å². The largest absolute Gasteiger partial charge is 0.396 e. The first-order valence-electron chi connectivity index (χ1n) is 40.1. The summed E-state index contributed by atoms with van der Waals surface area (Å²) in [5.74, 6) is 6.58. The number of hydrogen-bond acceptors (Lipinski definition) is 5. The summed E-state index contributed by atoms with van der Waals surface area (Å²) in [5, 5.41) is 7.18. The Balaban J connectivity index is 0.000000244. The van der Waals surface area contributed by atoms with E-state index in [0.29, 0.717) is 47.3 Å². The molecule has 2 radical (unpaired) electrons. The van der Waals surface area contributed by atoms with E-state index in [0.717, 1.165) is 28.6 Å². The van der Waals surface area contributed by atoms with Crippen molar-refractivity contribution in [3.8, 4) is 50.9 Å². The number of ether oxygens (including phenoxy) is 3. The molecular formula is C98H133BIN2O5P3. The molecule has 0 aliphatic rings. The van der Waals surface area contributed by atoms with Crippen LogP contribution in [0.1, 0.15) is 325 Å². The first kappa shape index (κ1) is 90.6. The molecule has 0 aliphatic heterocycles. The van der Waals surface area contributed by atoms with Crippen LogP contribution < -0.4 is 14.2 Å². The molecular weight excluding hydrogens is 1520 g/mol. The Labute approximate surface area is 683 Å². The van der Waals surface area contributed by atoms with E-state index in [1.54, 1.807) is 0 Å². The SMILES string of the molecule is CC(C)c1ccc(C(C)C)n1-c1cccc(-n2c(C(C)C)ccc2C(C)C)c1OC(C)(C)C.CC(C)c1cccc(C(C)C)c1-c1cccc(-c2c(C(C)C)cccc2C(C)C)c1OC(C)(C)C.Cc1cc(C(C)c2ccccc2)c(OC(C)(C)C)c(C(c2ccccc2)c2ccccc2)c1.[3H]I(P)P=O.[B]C(C)(O)P. The Kier molecular flexibility index (Phi) is 33.7. The Morgan fingerprint density at radius 2 is 0.664 bits per heavy atom. The third kappa shape index (κ3) is 25.7. The maximum Gasteiger partial charge on any atom is 0.118 e. The molecule has 0 amide bonds. The Morgan fingerprint density at radius 3 is 0.955 bits per heavy atom. The van der Waals surface area contributed by atoms with Crippen molar-refractivity contribution in [2.75, 3.05) is 0 Å². The average Bonchev–Trinajstić information content (AvgIpc) is 1.75. The van der Waals surface area contributed by atoms with Crippen molar-refractivity contribution >= 4 is 50.0 Å². The van der Waals surface area contributed by atoms with Crippen LogP contribution in [0, 0.1) is 6.92 Å². The van der Waals surface area contributed by atoms with E-state index in [2.05, 4.69) is 403 Å². The van der Waals surface area contributed by atoms with Gasteiger partial charge in [0, 0.05) is 62.1 Å². The van der Waals surface area contributed by atoms with Gasteiger partial charge in [-0.2, -0.15) is 0 Å². The van der Waals surface area contributed by atoms with Gasteiger partial charge in [-0.05, 0) is 210 Å². The zero-order valence-electron chi connectivity index (χ0n) is 72.9. The van der Waals surface area contributed by atoms with Crippen molar-refractivity contribution in [3.05, 3.63) is 279 Å². The number of aliphatic hydroxyl groups is 1. The van der Waals surface area contributed by atoms with Crippen molar-refractivity contribution in [2.24, 2.45) is 0 Å². The van der Waals surface area contributed by atoms with Gasteiger partial charge in [0.25, 0.3) is 0 Å². The van der Waals surface area contributed by atoms with Gasteiger partial charge >= 0.3 is 38.1 Å². The van der Waals surface area contributed by atoms with Crippen LogP contribution in [-0.4, -0.2) is 44.7 Å². The van der Waals surface area contributed by atoms with Gasteiger partial charge in [0.15, 0.2) is 5.75 Å². The summed E-state index contributed by atoms with van der Waals surface area (Å²) in [6, 6.07) is 73.0. The predicted molar refractivity (Wildman–Crippen MR) is 494 cm³/mol. The van der Waals surface area contributed by atoms with Gasteiger partial charge in [-0.15, -0.1) is 9.24 Å². The number of rotatable bonds is 21. The summed E-state index contributed by atoms with van der Waals surface area (Å²) in [7, 11) is 6.92. The smallest absolute Gasteiger partial charge is 0.118 e. The molecule has 0 bridgehead atoms. The molecule has 0 fully saturated rings. The number of aryl methyl sites for hydroxylation is 1. The first-order chi connectivity index (χ1) is 51.8. The zero-order chi connectivity index (χ0) is 82.9. The summed E-state index contributed by atoms with van der Waals surface area (Å²) < 4.78 is 41.5. The molecule has 4 atom stereocenters. The maximum atomic E-state index is 9.46. The van der Waals surface area contributed by atoms with E-state index >= 15 is 0 Å². The van der Waals surface area contributed by atoms with Crippen LogP contribution in [0.2, 0.25) is 0 Å². The van der Waals surface area contributed by atoms with E-state index in [4.69, 9.17) is 27.8 Å². The number of para-hydroxylation sites is 2. The third-order valence-corrected chi connectivity index (χ3v) is 21.3. The molecule has 590 valence electrons. The van der Waals surface area contributed by atoms with Crippen LogP contribution in [0.25, 0.3) is 33.6 Å². The number of aromatic nitrogens is 2. The molecule has 1 N–H and O–H groups in total. The van der Waals surface area contributed by atoms with Gasteiger partial charge in [0.2, 0.25) is 0 Å². The summed E-state index contributed by atoms with van der Waals surface area (Å²) in [4.78, 5) is 0. The second kappa shape index (κ2) is 40.9. The summed E-state index contributed by atoms with van der Waals surface area (Å²) in [6.45, 7) is 64.0. The molecule has 2 aromatic heterocycles. The predicted octanol–water partition coefficient (Wildman–Crippen LogP) is 29.5. The average molecular weight is 1650 g/mol. The summed E-state index contributed by atoms with van der Waals surface area (Å²) >= 11 is -1.70. The molecule has 0 aliphatic carbocycles. The third-order valence-electron chi connectivity index (χ3n) is 18.9. The van der Waals surface area contributed by atoms with E-state index < -0.39 is 25.1 Å².